The maximum atomic E-state index is 12.6. The zero-order chi connectivity index (χ0) is 22.1. The Bertz CT molecular complexity index is 1070. The Kier molecular flexibility index (Phi) is 5.57. The minimum Gasteiger partial charge on any atom is -0.406 e. The molecule has 0 radical (unpaired) electrons. The molecule has 0 spiro atoms. The molecular formula is C17H15F3N4O5S. The van der Waals surface area contributed by atoms with Crippen LogP contribution in [0.2, 0.25) is 0 Å². The molecule has 0 aliphatic carbocycles. The first kappa shape index (κ1) is 21.4. The highest BCUT2D eigenvalue weighted by Gasteiger charge is 2.37. The van der Waals surface area contributed by atoms with Crippen molar-refractivity contribution in [2.45, 2.75) is 12.9 Å². The second kappa shape index (κ2) is 7.82. The number of urea groups is 1. The predicted octanol–water partition coefficient (Wildman–Crippen LogP) is 2.32. The van der Waals surface area contributed by atoms with Crippen molar-refractivity contribution in [2.24, 2.45) is 0 Å². The van der Waals surface area contributed by atoms with Gasteiger partial charge >= 0.3 is 12.4 Å². The van der Waals surface area contributed by atoms with Crippen LogP contribution in [0, 0.1) is 0 Å². The van der Waals surface area contributed by atoms with Crippen LogP contribution in [-0.4, -0.2) is 49.4 Å². The molecule has 1 saturated heterocycles. The summed E-state index contributed by atoms with van der Waals surface area (Å²) in [5.41, 5.74) is 0.615. The Morgan fingerprint density at radius 1 is 1.17 bits per heavy atom. The number of hydrogen-bond acceptors (Lipinski definition) is 6. The van der Waals surface area contributed by atoms with Gasteiger partial charge < -0.3 is 9.64 Å². The molecule has 0 saturated carbocycles. The number of nitrogens with one attached hydrogen (secondary N) is 1. The summed E-state index contributed by atoms with van der Waals surface area (Å²) >= 11 is 0. The standard InChI is InChI=1S/C17H15F3N4O5S/c1-30(27,28)22-14-8-11(6-7-21-14)9-23-10-15(25)24(16(23)26)12-2-4-13(5-3-12)29-17(18,19)20/h2-8H,9-10H2,1H3,(H,21,22). The number of sulfonamides is 1. The van der Waals surface area contributed by atoms with Gasteiger partial charge in [0.25, 0.3) is 5.91 Å². The van der Waals surface area contributed by atoms with Crippen molar-refractivity contribution in [3.05, 3.63) is 48.2 Å². The predicted molar refractivity (Wildman–Crippen MR) is 99.1 cm³/mol. The Hall–Kier alpha value is -3.35. The van der Waals surface area contributed by atoms with Crippen LogP contribution in [0.4, 0.5) is 29.5 Å². The second-order valence-electron chi connectivity index (χ2n) is 6.33. The third-order valence-corrected chi connectivity index (χ3v) is 4.43. The van der Waals surface area contributed by atoms with E-state index in [1.807, 2.05) is 0 Å². The van der Waals surface area contributed by atoms with Crippen LogP contribution < -0.4 is 14.4 Å². The van der Waals surface area contributed by atoms with E-state index in [-0.39, 0.29) is 24.6 Å². The fourth-order valence-corrected chi connectivity index (χ4v) is 3.25. The number of halogens is 3. The summed E-state index contributed by atoms with van der Waals surface area (Å²) in [5.74, 6) is -0.983. The van der Waals surface area contributed by atoms with E-state index in [4.69, 9.17) is 0 Å². The summed E-state index contributed by atoms with van der Waals surface area (Å²) in [4.78, 5) is 30.9. The largest absolute Gasteiger partial charge is 0.573 e. The molecule has 9 nitrogen and oxygen atoms in total. The minimum absolute atomic E-state index is 0.00267. The number of pyridine rings is 1. The van der Waals surface area contributed by atoms with E-state index >= 15 is 0 Å². The summed E-state index contributed by atoms with van der Waals surface area (Å²) < 4.78 is 65.4. The Morgan fingerprint density at radius 3 is 2.43 bits per heavy atom. The van der Waals surface area contributed by atoms with E-state index in [1.54, 1.807) is 6.07 Å². The van der Waals surface area contributed by atoms with Crippen molar-refractivity contribution in [2.75, 3.05) is 22.4 Å². The quantitative estimate of drug-likeness (QED) is 0.685. The molecule has 0 atom stereocenters. The topological polar surface area (TPSA) is 109 Å². The molecule has 3 amide bonds. The highest BCUT2D eigenvalue weighted by Crippen LogP contribution is 2.28. The summed E-state index contributed by atoms with van der Waals surface area (Å²) in [7, 11) is -3.54. The number of rotatable bonds is 6. The molecule has 0 bridgehead atoms. The van der Waals surface area contributed by atoms with E-state index in [0.29, 0.717) is 5.56 Å². The number of carbonyl (C=O) groups is 2. The number of amides is 3. The fraction of sp³-hybridized carbons (Fsp3) is 0.235. The number of alkyl halides is 3. The van der Waals surface area contributed by atoms with Crippen molar-refractivity contribution in [1.82, 2.24) is 9.88 Å². The molecule has 3 rings (SSSR count). The first-order chi connectivity index (χ1) is 13.9. The molecule has 1 fully saturated rings. The van der Waals surface area contributed by atoms with Gasteiger partial charge in [0, 0.05) is 12.7 Å². The first-order valence-corrected chi connectivity index (χ1v) is 10.2. The summed E-state index contributed by atoms with van der Waals surface area (Å²) in [6, 6.07) is 6.64. The average molecular weight is 444 g/mol. The van der Waals surface area contributed by atoms with Gasteiger partial charge in [0.1, 0.15) is 18.1 Å². The summed E-state index contributed by atoms with van der Waals surface area (Å²) in [5, 5.41) is 0. The van der Waals surface area contributed by atoms with Crippen LogP contribution in [0.3, 0.4) is 0 Å². The van der Waals surface area contributed by atoms with Crippen molar-refractivity contribution < 1.29 is 35.9 Å². The lowest BCUT2D eigenvalue weighted by Crippen LogP contribution is -2.32. The monoisotopic (exact) mass is 444 g/mol. The lowest BCUT2D eigenvalue weighted by molar-refractivity contribution is -0.274. The molecule has 2 aromatic rings. The van der Waals surface area contributed by atoms with Gasteiger partial charge in [0.2, 0.25) is 10.0 Å². The summed E-state index contributed by atoms with van der Waals surface area (Å²) in [6.07, 6.45) is -2.54. The first-order valence-electron chi connectivity index (χ1n) is 8.32. The normalized spacial score (nSPS) is 14.9. The van der Waals surface area contributed by atoms with Crippen LogP contribution in [0.1, 0.15) is 5.56 Å². The Balaban J connectivity index is 1.73. The van der Waals surface area contributed by atoms with Gasteiger partial charge in [0.05, 0.1) is 11.9 Å². The molecule has 13 heteroatoms. The van der Waals surface area contributed by atoms with E-state index < -0.39 is 34.1 Å². The van der Waals surface area contributed by atoms with Gasteiger partial charge in [0.15, 0.2) is 0 Å². The minimum atomic E-state index is -4.85. The maximum absolute atomic E-state index is 12.6. The van der Waals surface area contributed by atoms with Gasteiger partial charge in [-0.05, 0) is 42.0 Å². The van der Waals surface area contributed by atoms with E-state index in [2.05, 4.69) is 14.4 Å². The number of nitrogens with zero attached hydrogens (tertiary/aromatic N) is 3. The molecule has 0 unspecified atom stereocenters. The number of aromatic nitrogens is 1. The SMILES string of the molecule is CS(=O)(=O)Nc1cc(CN2CC(=O)N(c3ccc(OC(F)(F)F)cc3)C2=O)ccn1. The molecule has 1 aliphatic rings. The third kappa shape index (κ3) is 5.37. The number of ether oxygens (including phenoxy) is 1. The second-order valence-corrected chi connectivity index (χ2v) is 8.08. The Labute approximate surface area is 169 Å². The van der Waals surface area contributed by atoms with Crippen molar-refractivity contribution in [3.63, 3.8) is 0 Å². The molecule has 1 aromatic heterocycles. The summed E-state index contributed by atoms with van der Waals surface area (Å²) in [6.45, 7) is -0.256. The van der Waals surface area contributed by atoms with Crippen molar-refractivity contribution in [1.29, 1.82) is 0 Å². The van der Waals surface area contributed by atoms with Gasteiger partial charge in [-0.1, -0.05) is 0 Å². The smallest absolute Gasteiger partial charge is 0.406 e. The number of carbonyl (C=O) groups excluding carboxylic acids is 2. The van der Waals surface area contributed by atoms with E-state index in [0.717, 1.165) is 23.3 Å². The number of imide groups is 1. The van der Waals surface area contributed by atoms with Crippen molar-refractivity contribution in [3.8, 4) is 5.75 Å². The van der Waals surface area contributed by atoms with Gasteiger partial charge in [-0.25, -0.2) is 23.1 Å². The van der Waals surface area contributed by atoms with Crippen LogP contribution in [-0.2, 0) is 21.4 Å². The van der Waals surface area contributed by atoms with E-state index in [1.165, 1.54) is 29.3 Å². The average Bonchev–Trinajstić information content (AvgIpc) is 2.87. The fourth-order valence-electron chi connectivity index (χ4n) is 2.76. The zero-order valence-electron chi connectivity index (χ0n) is 15.4. The van der Waals surface area contributed by atoms with Crippen molar-refractivity contribution >= 4 is 33.5 Å². The molecule has 30 heavy (non-hydrogen) atoms. The zero-order valence-corrected chi connectivity index (χ0v) is 16.2. The number of benzene rings is 1. The molecule has 1 aromatic carbocycles. The van der Waals surface area contributed by atoms with Crippen LogP contribution >= 0.6 is 0 Å². The van der Waals surface area contributed by atoms with Gasteiger partial charge in [-0.2, -0.15) is 0 Å². The molecule has 1 N–H and O–H groups in total. The van der Waals surface area contributed by atoms with Crippen LogP contribution in [0.15, 0.2) is 42.6 Å². The van der Waals surface area contributed by atoms with Gasteiger partial charge in [-0.15, -0.1) is 13.2 Å². The Morgan fingerprint density at radius 2 is 1.83 bits per heavy atom. The maximum Gasteiger partial charge on any atom is 0.573 e. The number of hydrogen-bond donors (Lipinski definition) is 1. The molecule has 160 valence electrons. The van der Waals surface area contributed by atoms with Gasteiger partial charge in [-0.3, -0.25) is 9.52 Å². The lowest BCUT2D eigenvalue weighted by atomic mass is 10.2. The lowest BCUT2D eigenvalue weighted by Gasteiger charge is -2.18. The molecule has 1 aliphatic heterocycles. The van der Waals surface area contributed by atoms with Crippen LogP contribution in [0.25, 0.3) is 0 Å². The van der Waals surface area contributed by atoms with E-state index in [9.17, 15) is 31.2 Å². The molecular weight excluding hydrogens is 429 g/mol. The van der Waals surface area contributed by atoms with Crippen LogP contribution in [0.5, 0.6) is 5.75 Å². The number of anilines is 2. The highest BCUT2D eigenvalue weighted by atomic mass is 32.2. The molecule has 2 heterocycles. The third-order valence-electron chi connectivity index (χ3n) is 3.85. The highest BCUT2D eigenvalue weighted by molar-refractivity contribution is 7.92.